The van der Waals surface area contributed by atoms with E-state index in [0.717, 1.165) is 30.3 Å². The summed E-state index contributed by atoms with van der Waals surface area (Å²) in [5, 5.41) is -0.427. The van der Waals surface area contributed by atoms with Gasteiger partial charge in [0, 0.05) is 5.39 Å². The fourth-order valence-corrected chi connectivity index (χ4v) is 2.96. The highest BCUT2D eigenvalue weighted by Crippen LogP contribution is 2.33. The van der Waals surface area contributed by atoms with Crippen molar-refractivity contribution in [3.8, 4) is 11.5 Å². The molecule has 3 nitrogen and oxygen atoms in total. The molecule has 0 spiro atoms. The van der Waals surface area contributed by atoms with Crippen LogP contribution in [0.15, 0.2) is 36.4 Å². The highest BCUT2D eigenvalue weighted by Gasteiger charge is 2.22. The van der Waals surface area contributed by atoms with Gasteiger partial charge in [-0.2, -0.15) is 8.78 Å². The minimum Gasteiger partial charge on any atom is -0.429 e. The van der Waals surface area contributed by atoms with Crippen molar-refractivity contribution < 1.29 is 40.6 Å². The maximum Gasteiger partial charge on any atom is 0.387 e. The summed E-state index contributed by atoms with van der Waals surface area (Å²) < 4.78 is 89.9. The smallest absolute Gasteiger partial charge is 0.387 e. The summed E-state index contributed by atoms with van der Waals surface area (Å²) >= 11 is 0. The average molecular weight is 428 g/mol. The third-order valence-electron chi connectivity index (χ3n) is 4.22. The number of hydrogen-bond acceptors (Lipinski definition) is 3. The van der Waals surface area contributed by atoms with Crippen LogP contribution in [0.4, 0.5) is 26.3 Å². The predicted octanol–water partition coefficient (Wildman–Crippen LogP) is 6.17. The standard InChI is InChI=1S/C21H14F6O3/c1-2-3-10-6-14(22)17(15(23)7-10)20(28)29-12-4-5-13-11(8-12)9-16(24)19(18(13)25)30-21(26)27/h4-9,21H,2-3H2,1H3. The van der Waals surface area contributed by atoms with Crippen LogP contribution in [0.2, 0.25) is 0 Å². The van der Waals surface area contributed by atoms with E-state index in [1.54, 1.807) is 0 Å². The van der Waals surface area contributed by atoms with Crippen LogP contribution in [0.25, 0.3) is 10.8 Å². The Morgan fingerprint density at radius 2 is 1.63 bits per heavy atom. The predicted molar refractivity (Wildman–Crippen MR) is 95.8 cm³/mol. The monoisotopic (exact) mass is 428 g/mol. The number of aryl methyl sites for hydroxylation is 1. The van der Waals surface area contributed by atoms with Crippen LogP contribution in [0.3, 0.4) is 0 Å². The first-order valence-corrected chi connectivity index (χ1v) is 8.78. The molecule has 0 saturated carbocycles. The first-order chi connectivity index (χ1) is 14.2. The van der Waals surface area contributed by atoms with Crippen molar-refractivity contribution >= 4 is 16.7 Å². The van der Waals surface area contributed by atoms with E-state index in [9.17, 15) is 31.1 Å². The summed E-state index contributed by atoms with van der Waals surface area (Å²) in [5.41, 5.74) is -0.532. The Morgan fingerprint density at radius 1 is 0.967 bits per heavy atom. The highest BCUT2D eigenvalue weighted by atomic mass is 19.3. The van der Waals surface area contributed by atoms with Crippen LogP contribution >= 0.6 is 0 Å². The van der Waals surface area contributed by atoms with Crippen LogP contribution < -0.4 is 9.47 Å². The molecule has 0 bridgehead atoms. The summed E-state index contributed by atoms with van der Waals surface area (Å²) in [5.74, 6) is -7.82. The molecule has 0 unspecified atom stereocenters. The number of halogens is 6. The SMILES string of the molecule is CCCc1cc(F)c(C(=O)Oc2ccc3c(F)c(OC(F)F)c(F)cc3c2)c(F)c1. The van der Waals surface area contributed by atoms with Crippen LogP contribution in [0, 0.1) is 23.3 Å². The van der Waals surface area contributed by atoms with E-state index >= 15 is 0 Å². The second-order valence-corrected chi connectivity index (χ2v) is 6.34. The minimum absolute atomic E-state index is 0.142. The third kappa shape index (κ3) is 4.34. The summed E-state index contributed by atoms with van der Waals surface area (Å²) in [7, 11) is 0. The van der Waals surface area contributed by atoms with Crippen LogP contribution in [0.5, 0.6) is 11.5 Å². The van der Waals surface area contributed by atoms with Crippen LogP contribution in [-0.4, -0.2) is 12.6 Å². The summed E-state index contributed by atoms with van der Waals surface area (Å²) in [6.45, 7) is -1.61. The number of hydrogen-bond donors (Lipinski definition) is 0. The number of ether oxygens (including phenoxy) is 2. The van der Waals surface area contributed by atoms with Gasteiger partial charge in [0.15, 0.2) is 17.4 Å². The van der Waals surface area contributed by atoms with E-state index in [4.69, 9.17) is 4.74 Å². The molecule has 0 aliphatic rings. The number of rotatable bonds is 6. The molecular formula is C21H14F6O3. The lowest BCUT2D eigenvalue weighted by Crippen LogP contribution is -2.14. The van der Waals surface area contributed by atoms with Crippen molar-refractivity contribution in [3.05, 3.63) is 70.8 Å². The van der Waals surface area contributed by atoms with Crippen molar-refractivity contribution in [3.63, 3.8) is 0 Å². The molecule has 0 aliphatic heterocycles. The highest BCUT2D eigenvalue weighted by molar-refractivity contribution is 5.93. The van der Waals surface area contributed by atoms with E-state index in [1.165, 1.54) is 0 Å². The average Bonchev–Trinajstić information content (AvgIpc) is 2.64. The molecule has 3 rings (SSSR count). The molecule has 0 amide bonds. The zero-order valence-corrected chi connectivity index (χ0v) is 15.4. The largest absolute Gasteiger partial charge is 0.429 e. The molecule has 3 aromatic carbocycles. The number of carbonyl (C=O) groups excluding carboxylic acids is 1. The van der Waals surface area contributed by atoms with Gasteiger partial charge < -0.3 is 9.47 Å². The number of carbonyl (C=O) groups is 1. The van der Waals surface area contributed by atoms with Gasteiger partial charge in [-0.1, -0.05) is 13.3 Å². The van der Waals surface area contributed by atoms with E-state index in [-0.39, 0.29) is 16.5 Å². The molecule has 3 aromatic rings. The van der Waals surface area contributed by atoms with Crippen molar-refractivity contribution in [1.82, 2.24) is 0 Å². The zero-order chi connectivity index (χ0) is 22.0. The molecule has 0 aromatic heterocycles. The third-order valence-corrected chi connectivity index (χ3v) is 4.22. The molecule has 158 valence electrons. The topological polar surface area (TPSA) is 35.5 Å². The molecule has 0 atom stereocenters. The van der Waals surface area contributed by atoms with Crippen molar-refractivity contribution in [2.45, 2.75) is 26.4 Å². The van der Waals surface area contributed by atoms with Gasteiger partial charge in [-0.05, 0) is 53.8 Å². The number of esters is 1. The Bertz CT molecular complexity index is 1090. The second-order valence-electron chi connectivity index (χ2n) is 6.34. The Balaban J connectivity index is 1.92. The van der Waals surface area contributed by atoms with Crippen molar-refractivity contribution in [1.29, 1.82) is 0 Å². The number of benzene rings is 3. The first kappa shape index (κ1) is 21.5. The van der Waals surface area contributed by atoms with E-state index in [1.807, 2.05) is 6.92 Å². The lowest BCUT2D eigenvalue weighted by molar-refractivity contribution is -0.0544. The molecule has 0 heterocycles. The van der Waals surface area contributed by atoms with Crippen molar-refractivity contribution in [2.75, 3.05) is 0 Å². The van der Waals surface area contributed by atoms with E-state index in [2.05, 4.69) is 4.74 Å². The maximum atomic E-state index is 14.3. The molecule has 0 saturated heterocycles. The Labute approximate surface area is 166 Å². The maximum absolute atomic E-state index is 14.3. The molecule has 0 N–H and O–H groups in total. The van der Waals surface area contributed by atoms with Gasteiger partial charge in [0.1, 0.15) is 22.9 Å². The number of alkyl halides is 2. The quantitative estimate of drug-likeness (QED) is 0.268. The summed E-state index contributed by atoms with van der Waals surface area (Å²) in [6, 6.07) is 5.87. The van der Waals surface area contributed by atoms with Gasteiger partial charge >= 0.3 is 12.6 Å². The van der Waals surface area contributed by atoms with E-state index in [0.29, 0.717) is 24.5 Å². The summed E-state index contributed by atoms with van der Waals surface area (Å²) in [4.78, 5) is 12.2. The van der Waals surface area contributed by atoms with Gasteiger partial charge in [-0.25, -0.2) is 22.4 Å². The molecule has 30 heavy (non-hydrogen) atoms. The first-order valence-electron chi connectivity index (χ1n) is 8.78. The van der Waals surface area contributed by atoms with Gasteiger partial charge in [0.2, 0.25) is 0 Å². The minimum atomic E-state index is -3.43. The molecular weight excluding hydrogens is 414 g/mol. The zero-order valence-electron chi connectivity index (χ0n) is 15.4. The number of fused-ring (bicyclic) bond motifs is 1. The van der Waals surface area contributed by atoms with Gasteiger partial charge in [-0.3, -0.25) is 0 Å². The van der Waals surface area contributed by atoms with Gasteiger partial charge in [0.25, 0.3) is 0 Å². The Hall–Kier alpha value is -3.23. The molecule has 9 heteroatoms. The van der Waals surface area contributed by atoms with Gasteiger partial charge in [-0.15, -0.1) is 0 Å². The fraction of sp³-hybridized carbons (Fsp3) is 0.190. The summed E-state index contributed by atoms with van der Waals surface area (Å²) in [6.07, 6.45) is 1.07. The lowest BCUT2D eigenvalue weighted by atomic mass is 10.1. The van der Waals surface area contributed by atoms with Crippen LogP contribution in [-0.2, 0) is 6.42 Å². The second kappa shape index (κ2) is 8.64. The molecule has 0 aliphatic carbocycles. The van der Waals surface area contributed by atoms with E-state index < -0.39 is 47.2 Å². The molecule has 0 radical (unpaired) electrons. The normalized spacial score (nSPS) is 11.2. The fourth-order valence-electron chi connectivity index (χ4n) is 2.96. The van der Waals surface area contributed by atoms with Gasteiger partial charge in [0.05, 0.1) is 0 Å². The Kier molecular flexibility index (Phi) is 6.19. The van der Waals surface area contributed by atoms with Crippen LogP contribution in [0.1, 0.15) is 29.3 Å². The Morgan fingerprint density at radius 3 is 2.23 bits per heavy atom. The molecule has 0 fully saturated rings. The lowest BCUT2D eigenvalue weighted by Gasteiger charge is -2.11. The van der Waals surface area contributed by atoms with Crippen molar-refractivity contribution in [2.24, 2.45) is 0 Å².